The van der Waals surface area contributed by atoms with Gasteiger partial charge in [-0.05, 0) is 23.9 Å². The number of hydrogen-bond acceptors (Lipinski definition) is 6. The van der Waals surface area contributed by atoms with E-state index in [1.165, 1.54) is 23.1 Å². The third-order valence-electron chi connectivity index (χ3n) is 3.48. The smallest absolute Gasteiger partial charge is 0.285 e. The molecule has 1 amide bonds. The number of hydrazone groups is 1. The topological polar surface area (TPSA) is 57.6 Å². The summed E-state index contributed by atoms with van der Waals surface area (Å²) in [4.78, 5) is 18.9. The van der Waals surface area contributed by atoms with E-state index in [-0.39, 0.29) is 5.24 Å². The van der Waals surface area contributed by atoms with Crippen LogP contribution < -0.4 is 5.43 Å². The van der Waals surface area contributed by atoms with Crippen molar-refractivity contribution in [1.82, 2.24) is 9.88 Å². The first-order chi connectivity index (χ1) is 13.0. The van der Waals surface area contributed by atoms with Crippen molar-refractivity contribution in [1.29, 1.82) is 0 Å². The number of hydrogen-bond donors (Lipinski definition) is 1. The molecule has 1 N–H and O–H groups in total. The number of rotatable bonds is 5. The second-order valence-electron chi connectivity index (χ2n) is 5.72. The van der Waals surface area contributed by atoms with Crippen LogP contribution in [0, 0.1) is 0 Å². The minimum atomic E-state index is -0.0388. The molecule has 27 heavy (non-hydrogen) atoms. The first-order valence-electron chi connectivity index (χ1n) is 8.01. The van der Waals surface area contributed by atoms with Gasteiger partial charge in [0.05, 0.1) is 11.9 Å². The average Bonchev–Trinajstić information content (AvgIpc) is 3.13. The van der Waals surface area contributed by atoms with Crippen molar-refractivity contribution in [2.75, 3.05) is 19.5 Å². The second kappa shape index (κ2) is 9.16. The summed E-state index contributed by atoms with van der Waals surface area (Å²) in [7, 11) is 3.46. The highest BCUT2D eigenvalue weighted by atomic mass is 79.9. The van der Waals surface area contributed by atoms with Gasteiger partial charge >= 0.3 is 0 Å². The molecule has 0 aliphatic rings. The van der Waals surface area contributed by atoms with Gasteiger partial charge in [-0.3, -0.25) is 10.2 Å². The van der Waals surface area contributed by atoms with Gasteiger partial charge in [0.15, 0.2) is 0 Å². The van der Waals surface area contributed by atoms with E-state index in [0.717, 1.165) is 26.2 Å². The van der Waals surface area contributed by atoms with Crippen molar-refractivity contribution in [3.8, 4) is 11.3 Å². The van der Waals surface area contributed by atoms with Gasteiger partial charge in [-0.15, -0.1) is 11.3 Å². The maximum absolute atomic E-state index is 12.0. The van der Waals surface area contributed by atoms with E-state index in [1.807, 2.05) is 53.9 Å². The highest BCUT2D eigenvalue weighted by Gasteiger charge is 2.11. The van der Waals surface area contributed by atoms with Gasteiger partial charge in [0.2, 0.25) is 5.13 Å². The van der Waals surface area contributed by atoms with Crippen LogP contribution in [0.1, 0.15) is 5.56 Å². The van der Waals surface area contributed by atoms with Gasteiger partial charge in [-0.2, -0.15) is 5.10 Å². The lowest BCUT2D eigenvalue weighted by molar-refractivity contribution is 0.241. The van der Waals surface area contributed by atoms with Gasteiger partial charge in [-0.1, -0.05) is 52.3 Å². The number of benzene rings is 2. The standard InChI is InChI=1S/C19H17BrN4OS2/c1-24(2)19(25)27-17-10-15(20)9-8-14(17)11-21-23-18-22-16(12-26-18)13-6-4-3-5-7-13/h3-12H,1-2H3,(H,22,23). The predicted molar refractivity (Wildman–Crippen MR) is 118 cm³/mol. The number of carbonyl (C=O) groups is 1. The molecular weight excluding hydrogens is 444 g/mol. The molecule has 0 saturated carbocycles. The van der Waals surface area contributed by atoms with Crippen LogP contribution in [-0.2, 0) is 0 Å². The fourth-order valence-corrected chi connectivity index (χ4v) is 4.09. The molecule has 8 heteroatoms. The van der Waals surface area contributed by atoms with E-state index in [2.05, 4.69) is 31.4 Å². The Kier molecular flexibility index (Phi) is 6.65. The van der Waals surface area contributed by atoms with Crippen molar-refractivity contribution >= 4 is 55.6 Å². The van der Waals surface area contributed by atoms with Crippen molar-refractivity contribution in [2.24, 2.45) is 5.10 Å². The number of amides is 1. The first-order valence-corrected chi connectivity index (χ1v) is 10.5. The van der Waals surface area contributed by atoms with E-state index in [9.17, 15) is 4.79 Å². The molecule has 3 aromatic rings. The van der Waals surface area contributed by atoms with E-state index in [0.29, 0.717) is 5.13 Å². The number of aromatic nitrogens is 1. The number of nitrogens with one attached hydrogen (secondary N) is 1. The molecule has 0 atom stereocenters. The number of nitrogens with zero attached hydrogens (tertiary/aromatic N) is 3. The van der Waals surface area contributed by atoms with Crippen LogP contribution in [0.2, 0.25) is 0 Å². The fraction of sp³-hybridized carbons (Fsp3) is 0.105. The molecule has 2 aromatic carbocycles. The summed E-state index contributed by atoms with van der Waals surface area (Å²) in [5.74, 6) is 0. The van der Waals surface area contributed by atoms with E-state index in [1.54, 1.807) is 25.2 Å². The summed E-state index contributed by atoms with van der Waals surface area (Å²) in [6, 6.07) is 15.7. The molecule has 138 valence electrons. The van der Waals surface area contributed by atoms with E-state index in [4.69, 9.17) is 0 Å². The monoisotopic (exact) mass is 460 g/mol. The Morgan fingerprint density at radius 3 is 2.78 bits per heavy atom. The Hall–Kier alpha value is -2.16. The Morgan fingerprint density at radius 1 is 1.26 bits per heavy atom. The molecule has 3 rings (SSSR count). The molecule has 0 aliphatic carbocycles. The van der Waals surface area contributed by atoms with Crippen molar-refractivity contribution in [2.45, 2.75) is 4.90 Å². The normalized spacial score (nSPS) is 10.9. The largest absolute Gasteiger partial charge is 0.339 e. The highest BCUT2D eigenvalue weighted by molar-refractivity contribution is 9.10. The van der Waals surface area contributed by atoms with Crippen molar-refractivity contribution in [3.05, 3.63) is 63.9 Å². The lowest BCUT2D eigenvalue weighted by Gasteiger charge is -2.11. The van der Waals surface area contributed by atoms with Crippen LogP contribution in [-0.4, -0.2) is 35.4 Å². The van der Waals surface area contributed by atoms with E-state index >= 15 is 0 Å². The molecule has 0 bridgehead atoms. The minimum Gasteiger partial charge on any atom is -0.339 e. The quantitative estimate of drug-likeness (QED) is 0.297. The average molecular weight is 461 g/mol. The zero-order valence-corrected chi connectivity index (χ0v) is 17.9. The predicted octanol–water partition coefficient (Wildman–Crippen LogP) is 5.79. The second-order valence-corrected chi connectivity index (χ2v) is 8.49. The molecule has 0 saturated heterocycles. The molecule has 0 unspecified atom stereocenters. The lowest BCUT2D eigenvalue weighted by Crippen LogP contribution is -2.16. The summed E-state index contributed by atoms with van der Waals surface area (Å²) in [6.45, 7) is 0. The third-order valence-corrected chi connectivity index (χ3v) is 5.83. The Balaban J connectivity index is 1.71. The minimum absolute atomic E-state index is 0.0388. The van der Waals surface area contributed by atoms with Gasteiger partial charge in [0.1, 0.15) is 0 Å². The van der Waals surface area contributed by atoms with Crippen LogP contribution in [0.15, 0.2) is 68.4 Å². The number of anilines is 1. The van der Waals surface area contributed by atoms with Gasteiger partial charge in [0, 0.05) is 40.0 Å². The summed E-state index contributed by atoms with van der Waals surface area (Å²) in [6.07, 6.45) is 1.70. The number of thiazole rings is 1. The summed E-state index contributed by atoms with van der Waals surface area (Å²) >= 11 is 6.10. The van der Waals surface area contributed by atoms with Crippen molar-refractivity contribution < 1.29 is 4.79 Å². The maximum atomic E-state index is 12.0. The van der Waals surface area contributed by atoms with Crippen LogP contribution in [0.3, 0.4) is 0 Å². The van der Waals surface area contributed by atoms with Crippen LogP contribution >= 0.6 is 39.0 Å². The number of carbonyl (C=O) groups excluding carboxylic acids is 1. The van der Waals surface area contributed by atoms with Gasteiger partial charge in [0.25, 0.3) is 5.24 Å². The zero-order chi connectivity index (χ0) is 19.2. The van der Waals surface area contributed by atoms with Crippen LogP contribution in [0.4, 0.5) is 9.93 Å². The van der Waals surface area contributed by atoms with Gasteiger partial charge in [-0.25, -0.2) is 4.98 Å². The Bertz CT molecular complexity index is 957. The molecule has 1 heterocycles. The molecule has 0 radical (unpaired) electrons. The van der Waals surface area contributed by atoms with E-state index < -0.39 is 0 Å². The molecular formula is C19H17BrN4OS2. The SMILES string of the molecule is CN(C)C(=O)Sc1cc(Br)ccc1C=NNc1nc(-c2ccccc2)cs1. The highest BCUT2D eigenvalue weighted by Crippen LogP contribution is 2.28. The summed E-state index contributed by atoms with van der Waals surface area (Å²) < 4.78 is 0.911. The Labute approximate surface area is 174 Å². The Morgan fingerprint density at radius 2 is 2.04 bits per heavy atom. The lowest BCUT2D eigenvalue weighted by atomic mass is 10.2. The van der Waals surface area contributed by atoms with Crippen LogP contribution in [0.25, 0.3) is 11.3 Å². The third kappa shape index (κ3) is 5.41. The molecule has 5 nitrogen and oxygen atoms in total. The first kappa shape index (κ1) is 19.6. The summed E-state index contributed by atoms with van der Waals surface area (Å²) in [5, 5.41) is 6.94. The summed E-state index contributed by atoms with van der Waals surface area (Å²) in [5.41, 5.74) is 5.80. The number of thioether (sulfide) groups is 1. The molecule has 1 aromatic heterocycles. The molecule has 0 aliphatic heterocycles. The fourth-order valence-electron chi connectivity index (χ4n) is 2.11. The van der Waals surface area contributed by atoms with Gasteiger partial charge < -0.3 is 4.90 Å². The van der Waals surface area contributed by atoms with Crippen LogP contribution in [0.5, 0.6) is 0 Å². The molecule has 0 fully saturated rings. The van der Waals surface area contributed by atoms with Crippen molar-refractivity contribution in [3.63, 3.8) is 0 Å². The maximum Gasteiger partial charge on any atom is 0.285 e. The number of halogens is 1. The zero-order valence-electron chi connectivity index (χ0n) is 14.7. The molecule has 0 spiro atoms.